The molecule has 1 aromatic heterocycles. The van der Waals surface area contributed by atoms with E-state index in [9.17, 15) is 0 Å². The maximum absolute atomic E-state index is 5.85. The van der Waals surface area contributed by atoms with Crippen LogP contribution in [0.25, 0.3) is 10.9 Å². The quantitative estimate of drug-likeness (QED) is 0.769. The number of aryl methyl sites for hydroxylation is 1. The molecule has 118 valence electrons. The molecule has 6 heteroatoms. The van der Waals surface area contributed by atoms with Crippen LogP contribution in [0, 0.1) is 6.92 Å². The van der Waals surface area contributed by atoms with E-state index in [0.717, 1.165) is 22.4 Å². The van der Waals surface area contributed by atoms with E-state index in [0.29, 0.717) is 17.1 Å². The number of benzene rings is 2. The van der Waals surface area contributed by atoms with Crippen molar-refractivity contribution in [3.63, 3.8) is 0 Å². The number of nitrogen functional groups attached to an aromatic ring is 1. The zero-order valence-corrected chi connectivity index (χ0v) is 13.3. The number of nitrogens with one attached hydrogen (secondary N) is 1. The zero-order valence-electron chi connectivity index (χ0n) is 13.3. The molecule has 3 aromatic rings. The summed E-state index contributed by atoms with van der Waals surface area (Å²) in [4.78, 5) is 8.60. The molecule has 0 saturated heterocycles. The van der Waals surface area contributed by atoms with Crippen LogP contribution in [0.2, 0.25) is 0 Å². The van der Waals surface area contributed by atoms with Crippen molar-refractivity contribution in [1.29, 1.82) is 0 Å². The van der Waals surface area contributed by atoms with Crippen LogP contribution in [0.4, 0.5) is 17.5 Å². The summed E-state index contributed by atoms with van der Waals surface area (Å²) in [6.45, 7) is 2.00. The largest absolute Gasteiger partial charge is 0.497 e. The first kappa shape index (κ1) is 14.9. The molecule has 0 aliphatic rings. The van der Waals surface area contributed by atoms with Gasteiger partial charge in [0.25, 0.3) is 0 Å². The third-order valence-corrected chi connectivity index (χ3v) is 3.61. The van der Waals surface area contributed by atoms with E-state index in [2.05, 4.69) is 15.3 Å². The smallest absolute Gasteiger partial charge is 0.222 e. The number of para-hydroxylation sites is 1. The van der Waals surface area contributed by atoms with Crippen LogP contribution in [0.3, 0.4) is 0 Å². The van der Waals surface area contributed by atoms with Gasteiger partial charge in [0.2, 0.25) is 5.95 Å². The summed E-state index contributed by atoms with van der Waals surface area (Å²) in [6, 6.07) is 11.5. The van der Waals surface area contributed by atoms with Gasteiger partial charge in [0.05, 0.1) is 14.2 Å². The highest BCUT2D eigenvalue weighted by molar-refractivity contribution is 5.95. The summed E-state index contributed by atoms with van der Waals surface area (Å²) < 4.78 is 10.6. The highest BCUT2D eigenvalue weighted by Crippen LogP contribution is 2.31. The lowest BCUT2D eigenvalue weighted by molar-refractivity contribution is 0.414. The number of rotatable bonds is 4. The first-order valence-electron chi connectivity index (χ1n) is 7.14. The van der Waals surface area contributed by atoms with E-state index in [1.54, 1.807) is 14.2 Å². The molecule has 3 N–H and O–H groups in total. The zero-order chi connectivity index (χ0) is 16.4. The molecule has 0 radical (unpaired) electrons. The van der Waals surface area contributed by atoms with Crippen molar-refractivity contribution in [3.8, 4) is 11.5 Å². The average Bonchev–Trinajstić information content (AvgIpc) is 2.56. The Morgan fingerprint density at radius 1 is 1.04 bits per heavy atom. The molecule has 0 atom stereocenters. The van der Waals surface area contributed by atoms with Crippen LogP contribution in [-0.4, -0.2) is 24.2 Å². The monoisotopic (exact) mass is 310 g/mol. The number of nitrogens with two attached hydrogens (primary N) is 1. The summed E-state index contributed by atoms with van der Waals surface area (Å²) in [6.07, 6.45) is 0. The van der Waals surface area contributed by atoms with Crippen molar-refractivity contribution in [2.24, 2.45) is 0 Å². The Morgan fingerprint density at radius 3 is 2.57 bits per heavy atom. The van der Waals surface area contributed by atoms with Crippen molar-refractivity contribution in [1.82, 2.24) is 9.97 Å². The van der Waals surface area contributed by atoms with E-state index in [-0.39, 0.29) is 5.95 Å². The van der Waals surface area contributed by atoms with Crippen molar-refractivity contribution in [2.75, 3.05) is 25.3 Å². The first-order chi connectivity index (χ1) is 11.1. The van der Waals surface area contributed by atoms with Crippen LogP contribution in [0.1, 0.15) is 5.56 Å². The van der Waals surface area contributed by atoms with Crippen molar-refractivity contribution >= 4 is 28.4 Å². The number of ether oxygens (including phenoxy) is 2. The summed E-state index contributed by atoms with van der Waals surface area (Å²) in [7, 11) is 3.25. The molecule has 3 rings (SSSR count). The van der Waals surface area contributed by atoms with Crippen molar-refractivity contribution in [2.45, 2.75) is 6.92 Å². The maximum Gasteiger partial charge on any atom is 0.222 e. The summed E-state index contributed by atoms with van der Waals surface area (Å²) >= 11 is 0. The normalized spacial score (nSPS) is 10.6. The second-order valence-electron chi connectivity index (χ2n) is 5.09. The minimum Gasteiger partial charge on any atom is -0.497 e. The number of methoxy groups -OCH3 is 2. The Kier molecular flexibility index (Phi) is 3.89. The van der Waals surface area contributed by atoms with Gasteiger partial charge >= 0.3 is 0 Å². The van der Waals surface area contributed by atoms with Gasteiger partial charge in [0.15, 0.2) is 0 Å². The number of anilines is 3. The fraction of sp³-hybridized carbons (Fsp3) is 0.176. The molecule has 0 bridgehead atoms. The van der Waals surface area contributed by atoms with E-state index in [1.807, 2.05) is 43.3 Å². The molecule has 1 heterocycles. The lowest BCUT2D eigenvalue weighted by Gasteiger charge is -2.13. The van der Waals surface area contributed by atoms with Crippen molar-refractivity contribution in [3.05, 3.63) is 42.0 Å². The van der Waals surface area contributed by atoms with Crippen LogP contribution >= 0.6 is 0 Å². The Labute approximate surface area is 134 Å². The Bertz CT molecular complexity index is 865. The minimum absolute atomic E-state index is 0.190. The van der Waals surface area contributed by atoms with E-state index < -0.39 is 0 Å². The van der Waals surface area contributed by atoms with Gasteiger partial charge in [-0.3, -0.25) is 0 Å². The van der Waals surface area contributed by atoms with Crippen molar-refractivity contribution < 1.29 is 9.47 Å². The average molecular weight is 310 g/mol. The topological polar surface area (TPSA) is 82.3 Å². The molecule has 0 unspecified atom stereocenters. The summed E-state index contributed by atoms with van der Waals surface area (Å²) in [5, 5.41) is 4.16. The molecular formula is C17H18N4O2. The standard InChI is InChI=1S/C17H18N4O2/c1-10-9-11(22-2)7-8-13(10)19-16-12-5-4-6-14(23-3)15(12)20-17(18)21-16/h4-9H,1-3H3,(H3,18,19,20,21). The minimum atomic E-state index is 0.190. The van der Waals surface area contributed by atoms with Crippen LogP contribution in [0.15, 0.2) is 36.4 Å². The lowest BCUT2D eigenvalue weighted by Crippen LogP contribution is -2.03. The third kappa shape index (κ3) is 2.83. The summed E-state index contributed by atoms with van der Waals surface area (Å²) in [5.41, 5.74) is 8.49. The second-order valence-corrected chi connectivity index (χ2v) is 5.09. The Hall–Kier alpha value is -3.02. The molecule has 0 amide bonds. The third-order valence-electron chi connectivity index (χ3n) is 3.61. The molecule has 0 fully saturated rings. The van der Waals surface area contributed by atoms with Gasteiger partial charge in [-0.2, -0.15) is 4.98 Å². The molecule has 23 heavy (non-hydrogen) atoms. The highest BCUT2D eigenvalue weighted by Gasteiger charge is 2.11. The number of nitrogens with zero attached hydrogens (tertiary/aromatic N) is 2. The van der Waals surface area contributed by atoms with E-state index in [4.69, 9.17) is 15.2 Å². The van der Waals surface area contributed by atoms with Gasteiger partial charge in [-0.15, -0.1) is 0 Å². The number of aromatic nitrogens is 2. The molecule has 0 aliphatic carbocycles. The number of hydrogen-bond donors (Lipinski definition) is 2. The fourth-order valence-electron chi connectivity index (χ4n) is 2.43. The molecular weight excluding hydrogens is 292 g/mol. The van der Waals surface area contributed by atoms with E-state index >= 15 is 0 Å². The fourth-order valence-corrected chi connectivity index (χ4v) is 2.43. The molecule has 0 spiro atoms. The van der Waals surface area contributed by atoms with Gasteiger partial charge < -0.3 is 20.5 Å². The van der Waals surface area contributed by atoms with Gasteiger partial charge in [-0.25, -0.2) is 4.98 Å². The highest BCUT2D eigenvalue weighted by atomic mass is 16.5. The molecule has 0 saturated carbocycles. The number of hydrogen-bond acceptors (Lipinski definition) is 6. The lowest BCUT2D eigenvalue weighted by atomic mass is 10.1. The van der Waals surface area contributed by atoms with Crippen LogP contribution in [0.5, 0.6) is 11.5 Å². The Balaban J connectivity index is 2.10. The first-order valence-corrected chi connectivity index (χ1v) is 7.14. The van der Waals surface area contributed by atoms with E-state index in [1.165, 1.54) is 0 Å². The van der Waals surface area contributed by atoms with Gasteiger partial charge in [-0.05, 0) is 42.8 Å². The van der Waals surface area contributed by atoms with Gasteiger partial charge in [0, 0.05) is 11.1 Å². The van der Waals surface area contributed by atoms with Gasteiger partial charge in [0.1, 0.15) is 22.8 Å². The van der Waals surface area contributed by atoms with Crippen LogP contribution < -0.4 is 20.5 Å². The second kappa shape index (κ2) is 6.00. The predicted octanol–water partition coefficient (Wildman–Crippen LogP) is 3.28. The predicted molar refractivity (Wildman–Crippen MR) is 91.5 cm³/mol. The van der Waals surface area contributed by atoms with Gasteiger partial charge in [-0.1, -0.05) is 6.07 Å². The number of fused-ring (bicyclic) bond motifs is 1. The molecule has 0 aliphatic heterocycles. The summed E-state index contributed by atoms with van der Waals surface area (Å²) in [5.74, 6) is 2.29. The molecule has 6 nitrogen and oxygen atoms in total. The molecule has 2 aromatic carbocycles. The Morgan fingerprint density at radius 2 is 1.87 bits per heavy atom. The van der Waals surface area contributed by atoms with Crippen LogP contribution in [-0.2, 0) is 0 Å². The SMILES string of the molecule is COc1ccc(Nc2nc(N)nc3c(OC)cccc23)c(C)c1. The maximum atomic E-state index is 5.85.